The lowest BCUT2D eigenvalue weighted by atomic mass is 9.97. The fourth-order valence-corrected chi connectivity index (χ4v) is 3.21. The molecule has 1 heterocycles. The highest BCUT2D eigenvalue weighted by atomic mass is 32.2. The third-order valence-electron chi connectivity index (χ3n) is 3.91. The Bertz CT molecular complexity index is 427. The van der Waals surface area contributed by atoms with Crippen LogP contribution in [0.2, 0.25) is 0 Å². The molecule has 0 radical (unpaired) electrons. The van der Waals surface area contributed by atoms with Crippen LogP contribution in [0.4, 0.5) is 0 Å². The minimum atomic E-state index is -0.00669. The van der Waals surface area contributed by atoms with E-state index in [1.807, 2.05) is 0 Å². The number of hydrogen-bond donors (Lipinski definition) is 2. The minimum absolute atomic E-state index is 0.00669. The number of thioether (sulfide) groups is 1. The van der Waals surface area contributed by atoms with Crippen LogP contribution in [-0.4, -0.2) is 30.1 Å². The van der Waals surface area contributed by atoms with E-state index < -0.39 is 0 Å². The van der Waals surface area contributed by atoms with Crippen LogP contribution in [0.1, 0.15) is 37.3 Å². The molecule has 110 valence electrons. The number of carbonyl (C=O) groups is 1. The lowest BCUT2D eigenvalue weighted by Gasteiger charge is -2.12. The van der Waals surface area contributed by atoms with Crippen LogP contribution in [0, 0.1) is 0 Å². The van der Waals surface area contributed by atoms with Gasteiger partial charge in [-0.2, -0.15) is 0 Å². The van der Waals surface area contributed by atoms with E-state index in [0.29, 0.717) is 12.5 Å². The molecule has 2 rings (SSSR count). The van der Waals surface area contributed by atoms with Gasteiger partial charge in [-0.25, -0.2) is 0 Å². The minimum Gasteiger partial charge on any atom is -0.354 e. The molecule has 2 atom stereocenters. The molecule has 1 saturated heterocycles. The van der Waals surface area contributed by atoms with Gasteiger partial charge in [-0.1, -0.05) is 38.1 Å². The first-order valence-corrected chi connectivity index (χ1v) is 8.54. The van der Waals surface area contributed by atoms with Gasteiger partial charge in [0.25, 0.3) is 0 Å². The molecular formula is C16H24N2OS. The maximum absolute atomic E-state index is 11.8. The Kier molecular flexibility index (Phi) is 5.92. The van der Waals surface area contributed by atoms with Gasteiger partial charge in [0, 0.05) is 18.2 Å². The Balaban J connectivity index is 1.75. The Morgan fingerprint density at radius 2 is 2.20 bits per heavy atom. The Morgan fingerprint density at radius 3 is 2.80 bits per heavy atom. The summed E-state index contributed by atoms with van der Waals surface area (Å²) in [5, 5.41) is 6.19. The number of benzene rings is 1. The summed E-state index contributed by atoms with van der Waals surface area (Å²) in [5.41, 5.74) is 2.68. The van der Waals surface area contributed by atoms with E-state index in [1.165, 1.54) is 17.5 Å². The first-order chi connectivity index (χ1) is 9.70. The van der Waals surface area contributed by atoms with Crippen molar-refractivity contribution >= 4 is 17.7 Å². The van der Waals surface area contributed by atoms with Crippen molar-refractivity contribution in [3.63, 3.8) is 0 Å². The van der Waals surface area contributed by atoms with Crippen molar-refractivity contribution in [3.8, 4) is 0 Å². The SMILES string of the molecule is CCC(C)c1ccc(CCNC(=O)C2CSCN2)cc1. The van der Waals surface area contributed by atoms with Crippen LogP contribution in [0.15, 0.2) is 24.3 Å². The predicted molar refractivity (Wildman–Crippen MR) is 86.1 cm³/mol. The number of nitrogens with one attached hydrogen (secondary N) is 2. The summed E-state index contributed by atoms with van der Waals surface area (Å²) < 4.78 is 0. The summed E-state index contributed by atoms with van der Waals surface area (Å²) in [6, 6.07) is 8.77. The second-order valence-corrected chi connectivity index (χ2v) is 6.39. The third kappa shape index (κ3) is 4.25. The summed E-state index contributed by atoms with van der Waals surface area (Å²) in [6.07, 6.45) is 2.06. The van der Waals surface area contributed by atoms with E-state index in [9.17, 15) is 4.79 Å². The molecule has 1 fully saturated rings. The molecule has 1 aromatic carbocycles. The van der Waals surface area contributed by atoms with E-state index in [1.54, 1.807) is 11.8 Å². The maximum Gasteiger partial charge on any atom is 0.238 e. The molecule has 2 unspecified atom stereocenters. The highest BCUT2D eigenvalue weighted by Crippen LogP contribution is 2.18. The lowest BCUT2D eigenvalue weighted by molar-refractivity contribution is -0.122. The third-order valence-corrected chi connectivity index (χ3v) is 4.85. The molecule has 1 aliphatic rings. The van der Waals surface area contributed by atoms with Crippen molar-refractivity contribution in [1.82, 2.24) is 10.6 Å². The number of carbonyl (C=O) groups excluding carboxylic acids is 1. The molecule has 0 saturated carbocycles. The van der Waals surface area contributed by atoms with Crippen molar-refractivity contribution in [3.05, 3.63) is 35.4 Å². The second-order valence-electron chi connectivity index (χ2n) is 5.36. The van der Waals surface area contributed by atoms with Crippen LogP contribution in [0.25, 0.3) is 0 Å². The molecule has 0 aliphatic carbocycles. The number of amides is 1. The first kappa shape index (κ1) is 15.4. The topological polar surface area (TPSA) is 41.1 Å². The molecular weight excluding hydrogens is 268 g/mol. The molecule has 2 N–H and O–H groups in total. The number of rotatable bonds is 6. The summed E-state index contributed by atoms with van der Waals surface area (Å²) in [4.78, 5) is 11.8. The highest BCUT2D eigenvalue weighted by Gasteiger charge is 2.21. The Morgan fingerprint density at radius 1 is 1.45 bits per heavy atom. The van der Waals surface area contributed by atoms with Crippen molar-refractivity contribution in [2.75, 3.05) is 18.2 Å². The second kappa shape index (κ2) is 7.70. The molecule has 0 aromatic heterocycles. The van der Waals surface area contributed by atoms with E-state index in [4.69, 9.17) is 0 Å². The molecule has 1 amide bonds. The molecule has 3 nitrogen and oxygen atoms in total. The van der Waals surface area contributed by atoms with Crippen molar-refractivity contribution in [2.24, 2.45) is 0 Å². The van der Waals surface area contributed by atoms with Gasteiger partial charge in [0.1, 0.15) is 0 Å². The summed E-state index contributed by atoms with van der Waals surface area (Å²) in [5.74, 6) is 2.52. The van der Waals surface area contributed by atoms with E-state index >= 15 is 0 Å². The molecule has 1 aliphatic heterocycles. The van der Waals surface area contributed by atoms with Gasteiger partial charge >= 0.3 is 0 Å². The first-order valence-electron chi connectivity index (χ1n) is 7.38. The van der Waals surface area contributed by atoms with E-state index in [2.05, 4.69) is 48.7 Å². The lowest BCUT2D eigenvalue weighted by Crippen LogP contribution is -2.42. The quantitative estimate of drug-likeness (QED) is 0.846. The molecule has 20 heavy (non-hydrogen) atoms. The van der Waals surface area contributed by atoms with Crippen LogP contribution < -0.4 is 10.6 Å². The zero-order valence-corrected chi connectivity index (χ0v) is 13.1. The normalized spacial score (nSPS) is 19.8. The van der Waals surface area contributed by atoms with Gasteiger partial charge in [0.05, 0.1) is 6.04 Å². The molecule has 4 heteroatoms. The molecule has 1 aromatic rings. The van der Waals surface area contributed by atoms with Crippen molar-refractivity contribution in [2.45, 2.75) is 38.6 Å². The van der Waals surface area contributed by atoms with Gasteiger partial charge in [0.2, 0.25) is 5.91 Å². The summed E-state index contributed by atoms with van der Waals surface area (Å²) in [7, 11) is 0. The molecule has 0 bridgehead atoms. The largest absolute Gasteiger partial charge is 0.354 e. The highest BCUT2D eigenvalue weighted by molar-refractivity contribution is 7.99. The molecule has 0 spiro atoms. The standard InChI is InChI=1S/C16H24N2OS/c1-3-12(2)14-6-4-13(5-7-14)8-9-17-16(19)15-10-20-11-18-15/h4-7,12,15,18H,3,8-11H2,1-2H3,(H,17,19). The van der Waals surface area contributed by atoms with Gasteiger partial charge in [-0.3, -0.25) is 10.1 Å². The zero-order valence-electron chi connectivity index (χ0n) is 12.3. The van der Waals surface area contributed by atoms with Crippen LogP contribution in [0.3, 0.4) is 0 Å². The smallest absolute Gasteiger partial charge is 0.238 e. The summed E-state index contributed by atoms with van der Waals surface area (Å²) >= 11 is 1.77. The van der Waals surface area contributed by atoms with Gasteiger partial charge in [0.15, 0.2) is 0 Å². The van der Waals surface area contributed by atoms with Crippen LogP contribution in [0.5, 0.6) is 0 Å². The monoisotopic (exact) mass is 292 g/mol. The van der Waals surface area contributed by atoms with Crippen molar-refractivity contribution in [1.29, 1.82) is 0 Å². The van der Waals surface area contributed by atoms with Gasteiger partial charge in [-0.05, 0) is 29.9 Å². The zero-order chi connectivity index (χ0) is 14.4. The number of hydrogen-bond acceptors (Lipinski definition) is 3. The predicted octanol–water partition coefficient (Wildman–Crippen LogP) is 2.52. The summed E-state index contributed by atoms with van der Waals surface area (Å²) in [6.45, 7) is 5.18. The van der Waals surface area contributed by atoms with Crippen LogP contribution in [-0.2, 0) is 11.2 Å². The fourth-order valence-electron chi connectivity index (χ4n) is 2.27. The van der Waals surface area contributed by atoms with E-state index in [0.717, 1.165) is 18.1 Å². The van der Waals surface area contributed by atoms with Gasteiger partial charge in [-0.15, -0.1) is 11.8 Å². The maximum atomic E-state index is 11.8. The fraction of sp³-hybridized carbons (Fsp3) is 0.562. The Labute approximate surface area is 125 Å². The van der Waals surface area contributed by atoms with Crippen molar-refractivity contribution < 1.29 is 4.79 Å². The Hall–Kier alpha value is -1.00. The van der Waals surface area contributed by atoms with E-state index in [-0.39, 0.29) is 11.9 Å². The van der Waals surface area contributed by atoms with Crippen LogP contribution >= 0.6 is 11.8 Å². The average molecular weight is 292 g/mol. The average Bonchev–Trinajstić information content (AvgIpc) is 3.01. The van der Waals surface area contributed by atoms with Gasteiger partial charge < -0.3 is 5.32 Å².